The average Bonchev–Trinajstić information content (AvgIpc) is 2.75. The molecular weight excluding hydrogens is 252 g/mol. The molecule has 0 radical (unpaired) electrons. The molecular formula is C15H18N4O. The predicted octanol–water partition coefficient (Wildman–Crippen LogP) is 2.32. The molecule has 0 aliphatic carbocycles. The molecule has 1 aliphatic heterocycles. The second kappa shape index (κ2) is 5.00. The van der Waals surface area contributed by atoms with Gasteiger partial charge in [-0.2, -0.15) is 5.10 Å². The molecule has 3 rings (SSSR count). The molecule has 2 aromatic rings. The van der Waals surface area contributed by atoms with Gasteiger partial charge in [-0.25, -0.2) is 4.79 Å². The highest BCUT2D eigenvalue weighted by molar-refractivity contribution is 5.89. The second-order valence-electron chi connectivity index (χ2n) is 5.10. The number of anilines is 1. The van der Waals surface area contributed by atoms with Crippen molar-refractivity contribution >= 4 is 11.7 Å². The van der Waals surface area contributed by atoms with Crippen LogP contribution in [-0.2, 0) is 20.0 Å². The quantitative estimate of drug-likeness (QED) is 0.864. The van der Waals surface area contributed by atoms with Crippen molar-refractivity contribution in [1.29, 1.82) is 0 Å². The van der Waals surface area contributed by atoms with Crippen molar-refractivity contribution < 1.29 is 4.79 Å². The van der Waals surface area contributed by atoms with Gasteiger partial charge in [0.15, 0.2) is 0 Å². The molecule has 0 bridgehead atoms. The molecule has 0 unspecified atom stereocenters. The van der Waals surface area contributed by atoms with E-state index in [1.807, 2.05) is 53.9 Å². The monoisotopic (exact) mass is 270 g/mol. The first-order valence-electron chi connectivity index (χ1n) is 6.77. The number of carbonyl (C=O) groups is 1. The maximum atomic E-state index is 12.3. The number of aryl methyl sites for hydroxylation is 2. The van der Waals surface area contributed by atoms with Crippen LogP contribution in [0.3, 0.4) is 0 Å². The van der Waals surface area contributed by atoms with Gasteiger partial charge < -0.3 is 10.2 Å². The zero-order valence-corrected chi connectivity index (χ0v) is 11.8. The van der Waals surface area contributed by atoms with Gasteiger partial charge in [0.1, 0.15) is 0 Å². The SMILES string of the molecule is Cc1nn(C)c2c1CCN(C(=O)Nc1ccccc1)C2. The summed E-state index contributed by atoms with van der Waals surface area (Å²) in [4.78, 5) is 14.1. The van der Waals surface area contributed by atoms with Crippen molar-refractivity contribution in [2.24, 2.45) is 7.05 Å². The van der Waals surface area contributed by atoms with Gasteiger partial charge in [-0.3, -0.25) is 4.68 Å². The molecule has 1 aliphatic rings. The largest absolute Gasteiger partial charge is 0.322 e. The van der Waals surface area contributed by atoms with E-state index in [2.05, 4.69) is 10.4 Å². The molecule has 2 amide bonds. The lowest BCUT2D eigenvalue weighted by atomic mass is 10.1. The summed E-state index contributed by atoms with van der Waals surface area (Å²) < 4.78 is 1.88. The summed E-state index contributed by atoms with van der Waals surface area (Å²) in [5, 5.41) is 7.35. The van der Waals surface area contributed by atoms with Crippen molar-refractivity contribution in [2.45, 2.75) is 19.9 Å². The van der Waals surface area contributed by atoms with Crippen LogP contribution in [0.2, 0.25) is 0 Å². The lowest BCUT2D eigenvalue weighted by molar-refractivity contribution is 0.204. The van der Waals surface area contributed by atoms with E-state index < -0.39 is 0 Å². The zero-order chi connectivity index (χ0) is 14.1. The summed E-state index contributed by atoms with van der Waals surface area (Å²) in [6.07, 6.45) is 0.872. The van der Waals surface area contributed by atoms with Crippen LogP contribution in [0.5, 0.6) is 0 Å². The van der Waals surface area contributed by atoms with Crippen LogP contribution >= 0.6 is 0 Å². The number of urea groups is 1. The summed E-state index contributed by atoms with van der Waals surface area (Å²) in [7, 11) is 1.93. The first kappa shape index (κ1) is 12.7. The number of carbonyl (C=O) groups excluding carboxylic acids is 1. The number of nitrogens with zero attached hydrogens (tertiary/aromatic N) is 3. The number of para-hydroxylation sites is 1. The van der Waals surface area contributed by atoms with Crippen molar-refractivity contribution in [3.05, 3.63) is 47.3 Å². The normalized spacial score (nSPS) is 14.0. The van der Waals surface area contributed by atoms with E-state index in [1.54, 1.807) is 0 Å². The van der Waals surface area contributed by atoms with Crippen molar-refractivity contribution in [3.63, 3.8) is 0 Å². The Bertz CT molecular complexity index is 633. The molecule has 1 aromatic heterocycles. The number of fused-ring (bicyclic) bond motifs is 1. The number of rotatable bonds is 1. The number of amides is 2. The van der Waals surface area contributed by atoms with Gasteiger partial charge in [0.05, 0.1) is 17.9 Å². The van der Waals surface area contributed by atoms with Crippen LogP contribution in [-0.4, -0.2) is 27.3 Å². The van der Waals surface area contributed by atoms with Gasteiger partial charge in [0.25, 0.3) is 0 Å². The molecule has 5 heteroatoms. The minimum atomic E-state index is -0.0549. The standard InChI is InChI=1S/C15H18N4O/c1-11-13-8-9-19(10-14(13)18(2)17-11)15(20)16-12-6-4-3-5-7-12/h3-7H,8-10H2,1-2H3,(H,16,20). The Morgan fingerprint density at radius 3 is 2.80 bits per heavy atom. The van der Waals surface area contributed by atoms with Crippen LogP contribution < -0.4 is 5.32 Å². The molecule has 5 nitrogen and oxygen atoms in total. The van der Waals surface area contributed by atoms with E-state index in [9.17, 15) is 4.79 Å². The van der Waals surface area contributed by atoms with Crippen LogP contribution in [0.1, 0.15) is 17.0 Å². The minimum Gasteiger partial charge on any atom is -0.318 e. The third-order valence-electron chi connectivity index (χ3n) is 3.76. The Morgan fingerprint density at radius 1 is 1.30 bits per heavy atom. The van der Waals surface area contributed by atoms with Gasteiger partial charge in [0, 0.05) is 19.3 Å². The molecule has 1 aromatic carbocycles. The molecule has 1 N–H and O–H groups in total. The zero-order valence-electron chi connectivity index (χ0n) is 11.8. The van der Waals surface area contributed by atoms with E-state index in [0.29, 0.717) is 6.54 Å². The number of nitrogens with one attached hydrogen (secondary N) is 1. The Labute approximate surface area is 118 Å². The van der Waals surface area contributed by atoms with Gasteiger partial charge in [-0.15, -0.1) is 0 Å². The molecule has 0 fully saturated rings. The average molecular weight is 270 g/mol. The summed E-state index contributed by atoms with van der Waals surface area (Å²) >= 11 is 0. The highest BCUT2D eigenvalue weighted by Crippen LogP contribution is 2.22. The highest BCUT2D eigenvalue weighted by atomic mass is 16.2. The fraction of sp³-hybridized carbons (Fsp3) is 0.333. The third kappa shape index (κ3) is 2.27. The summed E-state index contributed by atoms with van der Waals surface area (Å²) in [5.41, 5.74) is 4.32. The Kier molecular flexibility index (Phi) is 3.18. The van der Waals surface area contributed by atoms with Crippen LogP contribution in [0.25, 0.3) is 0 Å². The number of hydrogen-bond donors (Lipinski definition) is 1. The van der Waals surface area contributed by atoms with Gasteiger partial charge in [-0.05, 0) is 31.0 Å². The van der Waals surface area contributed by atoms with E-state index >= 15 is 0 Å². The molecule has 0 saturated heterocycles. The van der Waals surface area contributed by atoms with Gasteiger partial charge in [-0.1, -0.05) is 18.2 Å². The van der Waals surface area contributed by atoms with Crippen molar-refractivity contribution in [2.75, 3.05) is 11.9 Å². The fourth-order valence-corrected chi connectivity index (χ4v) is 2.68. The van der Waals surface area contributed by atoms with Crippen LogP contribution in [0.15, 0.2) is 30.3 Å². The van der Waals surface area contributed by atoms with E-state index in [0.717, 1.165) is 30.0 Å². The van der Waals surface area contributed by atoms with E-state index in [-0.39, 0.29) is 6.03 Å². The summed E-state index contributed by atoms with van der Waals surface area (Å²) in [5.74, 6) is 0. The second-order valence-corrected chi connectivity index (χ2v) is 5.10. The fourth-order valence-electron chi connectivity index (χ4n) is 2.68. The molecule has 20 heavy (non-hydrogen) atoms. The Hall–Kier alpha value is -2.30. The Balaban J connectivity index is 1.74. The summed E-state index contributed by atoms with van der Waals surface area (Å²) in [6.45, 7) is 3.38. The van der Waals surface area contributed by atoms with Crippen molar-refractivity contribution in [3.8, 4) is 0 Å². The van der Waals surface area contributed by atoms with E-state index in [1.165, 1.54) is 5.56 Å². The number of benzene rings is 1. The van der Waals surface area contributed by atoms with Crippen LogP contribution in [0, 0.1) is 6.92 Å². The number of hydrogen-bond acceptors (Lipinski definition) is 2. The van der Waals surface area contributed by atoms with E-state index in [4.69, 9.17) is 0 Å². The smallest absolute Gasteiger partial charge is 0.318 e. The first-order valence-corrected chi connectivity index (χ1v) is 6.77. The highest BCUT2D eigenvalue weighted by Gasteiger charge is 2.25. The summed E-state index contributed by atoms with van der Waals surface area (Å²) in [6, 6.07) is 9.48. The molecule has 0 saturated carbocycles. The molecule has 0 spiro atoms. The first-order chi connectivity index (χ1) is 9.65. The van der Waals surface area contributed by atoms with Gasteiger partial charge in [0.2, 0.25) is 0 Å². The Morgan fingerprint density at radius 2 is 2.05 bits per heavy atom. The lowest BCUT2D eigenvalue weighted by Crippen LogP contribution is -2.39. The minimum absolute atomic E-state index is 0.0549. The van der Waals surface area contributed by atoms with Gasteiger partial charge >= 0.3 is 6.03 Å². The third-order valence-corrected chi connectivity index (χ3v) is 3.76. The lowest BCUT2D eigenvalue weighted by Gasteiger charge is -2.27. The number of aromatic nitrogens is 2. The maximum absolute atomic E-state index is 12.3. The van der Waals surface area contributed by atoms with Crippen molar-refractivity contribution in [1.82, 2.24) is 14.7 Å². The van der Waals surface area contributed by atoms with Crippen LogP contribution in [0.4, 0.5) is 10.5 Å². The molecule has 2 heterocycles. The molecule has 104 valence electrons. The topological polar surface area (TPSA) is 50.2 Å². The predicted molar refractivity (Wildman–Crippen MR) is 77.5 cm³/mol. The maximum Gasteiger partial charge on any atom is 0.322 e. The molecule has 0 atom stereocenters.